The van der Waals surface area contributed by atoms with Gasteiger partial charge in [-0.2, -0.15) is 12.6 Å². The van der Waals surface area contributed by atoms with E-state index in [9.17, 15) is 24.3 Å². The maximum atomic E-state index is 14.3. The van der Waals surface area contributed by atoms with Crippen LogP contribution in [0.3, 0.4) is 0 Å². The van der Waals surface area contributed by atoms with Crippen molar-refractivity contribution < 1.29 is 24.3 Å². The molecule has 280 valence electrons. The number of amides is 3. The topological polar surface area (TPSA) is 151 Å². The van der Waals surface area contributed by atoms with Crippen LogP contribution in [-0.4, -0.2) is 52.2 Å². The van der Waals surface area contributed by atoms with Crippen LogP contribution in [0, 0.1) is 0 Å². The molecule has 2 unspecified atom stereocenters. The predicted molar refractivity (Wildman–Crippen MR) is 221 cm³/mol. The first-order valence-electron chi connectivity index (χ1n) is 17.9. The molecule has 6 aromatic rings. The Balaban J connectivity index is 1.23. The lowest BCUT2D eigenvalue weighted by Crippen LogP contribution is -2.57. The van der Waals surface area contributed by atoms with Gasteiger partial charge >= 0.3 is 5.97 Å². The van der Waals surface area contributed by atoms with Gasteiger partial charge in [0.1, 0.15) is 12.1 Å². The quantitative estimate of drug-likeness (QED) is 0.0645. The SMILES string of the molecule is N[C@@H](Cc1ccc(C(=O)O)cc1)[C@H](S)C(=O)NC(Cc1ccc(-c2ccccc2)cc1)C(=O)NC(Cc1csc2ccccc12)C(=O)NCc1ccccc1. The third kappa shape index (κ3) is 10.5. The molecule has 3 amide bonds. The number of carboxylic acid groups (broad SMARTS) is 1. The van der Waals surface area contributed by atoms with E-state index in [0.29, 0.717) is 0 Å². The third-order valence-corrected chi connectivity index (χ3v) is 11.0. The molecule has 6 N–H and O–H groups in total. The van der Waals surface area contributed by atoms with Crippen molar-refractivity contribution in [3.8, 4) is 11.1 Å². The van der Waals surface area contributed by atoms with Crippen LogP contribution in [0.5, 0.6) is 0 Å². The average molecular weight is 771 g/mol. The number of rotatable bonds is 16. The first-order chi connectivity index (χ1) is 26.6. The number of hydrogen-bond donors (Lipinski definition) is 6. The lowest BCUT2D eigenvalue weighted by Gasteiger charge is -2.26. The molecular weight excluding hydrogens is 729 g/mol. The number of carbonyl (C=O) groups excluding carboxylic acids is 3. The van der Waals surface area contributed by atoms with E-state index in [1.165, 1.54) is 12.1 Å². The van der Waals surface area contributed by atoms with Gasteiger partial charge in [-0.3, -0.25) is 14.4 Å². The highest BCUT2D eigenvalue weighted by Gasteiger charge is 2.31. The molecule has 11 heteroatoms. The maximum Gasteiger partial charge on any atom is 0.335 e. The molecule has 5 aromatic carbocycles. The van der Waals surface area contributed by atoms with Gasteiger partial charge in [0.2, 0.25) is 17.7 Å². The Labute approximate surface area is 329 Å². The van der Waals surface area contributed by atoms with Crippen molar-refractivity contribution in [2.24, 2.45) is 5.73 Å². The lowest BCUT2D eigenvalue weighted by atomic mass is 9.98. The molecule has 0 fully saturated rings. The third-order valence-electron chi connectivity index (χ3n) is 9.41. The van der Waals surface area contributed by atoms with Gasteiger partial charge in [0.05, 0.1) is 10.8 Å². The zero-order valence-corrected chi connectivity index (χ0v) is 31.6. The van der Waals surface area contributed by atoms with Gasteiger partial charge in [-0.25, -0.2) is 4.79 Å². The Kier molecular flexibility index (Phi) is 13.1. The number of aromatic carboxylic acids is 1. The molecule has 0 aliphatic rings. The summed E-state index contributed by atoms with van der Waals surface area (Å²) in [6.45, 7) is 0.280. The summed E-state index contributed by atoms with van der Waals surface area (Å²) < 4.78 is 1.07. The molecule has 0 bridgehead atoms. The summed E-state index contributed by atoms with van der Waals surface area (Å²) in [6.07, 6.45) is 0.625. The van der Waals surface area contributed by atoms with E-state index in [4.69, 9.17) is 5.73 Å². The van der Waals surface area contributed by atoms with Gasteiger partial charge in [0.25, 0.3) is 0 Å². The second-order valence-corrected chi connectivity index (χ2v) is 14.8. The van der Waals surface area contributed by atoms with Crippen LogP contribution in [0.4, 0.5) is 0 Å². The van der Waals surface area contributed by atoms with Crippen LogP contribution in [0.15, 0.2) is 139 Å². The average Bonchev–Trinajstić information content (AvgIpc) is 3.62. The zero-order chi connectivity index (χ0) is 38.7. The summed E-state index contributed by atoms with van der Waals surface area (Å²) in [5, 5.41) is 20.1. The lowest BCUT2D eigenvalue weighted by molar-refractivity contribution is -0.132. The summed E-state index contributed by atoms with van der Waals surface area (Å²) in [6, 6.07) is 38.6. The van der Waals surface area contributed by atoms with Crippen molar-refractivity contribution in [1.29, 1.82) is 0 Å². The second-order valence-electron chi connectivity index (χ2n) is 13.4. The molecule has 0 saturated carbocycles. The molecule has 0 saturated heterocycles. The van der Waals surface area contributed by atoms with Crippen molar-refractivity contribution in [2.75, 3.05) is 0 Å². The highest BCUT2D eigenvalue weighted by Crippen LogP contribution is 2.27. The van der Waals surface area contributed by atoms with Gasteiger partial charge in [-0.15, -0.1) is 11.3 Å². The van der Waals surface area contributed by atoms with Gasteiger partial charge < -0.3 is 26.8 Å². The molecule has 1 heterocycles. The first kappa shape index (κ1) is 39.0. The van der Waals surface area contributed by atoms with E-state index < -0.39 is 41.2 Å². The summed E-state index contributed by atoms with van der Waals surface area (Å²) >= 11 is 6.13. The number of fused-ring (bicyclic) bond motifs is 1. The fourth-order valence-corrected chi connectivity index (χ4v) is 7.48. The summed E-state index contributed by atoms with van der Waals surface area (Å²) in [4.78, 5) is 53.2. The molecule has 9 nitrogen and oxygen atoms in total. The van der Waals surface area contributed by atoms with E-state index in [0.717, 1.165) is 43.5 Å². The van der Waals surface area contributed by atoms with Crippen LogP contribution in [0.25, 0.3) is 21.2 Å². The van der Waals surface area contributed by atoms with Gasteiger partial charge in [-0.05, 0) is 68.8 Å². The number of thiophene rings is 1. The fourth-order valence-electron chi connectivity index (χ4n) is 6.33. The normalized spacial score (nSPS) is 13.3. The van der Waals surface area contributed by atoms with E-state index in [1.54, 1.807) is 23.5 Å². The Morgan fingerprint density at radius 1 is 0.618 bits per heavy atom. The monoisotopic (exact) mass is 770 g/mol. The van der Waals surface area contributed by atoms with Crippen molar-refractivity contribution >= 4 is 57.7 Å². The molecule has 1 aromatic heterocycles. The maximum absolute atomic E-state index is 14.3. The fraction of sp³-hybridized carbons (Fsp3) is 0.182. The number of hydrogen-bond acceptors (Lipinski definition) is 7. The largest absolute Gasteiger partial charge is 0.478 e. The van der Waals surface area contributed by atoms with Gasteiger partial charge in [0, 0.05) is 30.1 Å². The van der Waals surface area contributed by atoms with Crippen molar-refractivity contribution in [3.63, 3.8) is 0 Å². The first-order valence-corrected chi connectivity index (χ1v) is 19.3. The highest BCUT2D eigenvalue weighted by molar-refractivity contribution is 7.81. The molecule has 4 atom stereocenters. The van der Waals surface area contributed by atoms with Crippen molar-refractivity contribution in [1.82, 2.24) is 16.0 Å². The molecule has 0 spiro atoms. The van der Waals surface area contributed by atoms with Crippen LogP contribution in [0.2, 0.25) is 0 Å². The van der Waals surface area contributed by atoms with Crippen LogP contribution < -0.4 is 21.7 Å². The Morgan fingerprint density at radius 2 is 1.18 bits per heavy atom. The van der Waals surface area contributed by atoms with Crippen LogP contribution in [0.1, 0.15) is 32.6 Å². The van der Waals surface area contributed by atoms with Crippen molar-refractivity contribution in [2.45, 2.75) is 49.2 Å². The summed E-state index contributed by atoms with van der Waals surface area (Å²) in [5.41, 5.74) is 12.0. The smallest absolute Gasteiger partial charge is 0.335 e. The number of nitrogens with two attached hydrogens (primary N) is 1. The number of carboxylic acids is 1. The van der Waals surface area contributed by atoms with Crippen LogP contribution >= 0.6 is 24.0 Å². The zero-order valence-electron chi connectivity index (χ0n) is 29.9. The van der Waals surface area contributed by atoms with Gasteiger partial charge in [0.15, 0.2) is 0 Å². The molecule has 6 rings (SSSR count). The van der Waals surface area contributed by atoms with Crippen molar-refractivity contribution in [3.05, 3.63) is 167 Å². The molecule has 0 aliphatic heterocycles. The summed E-state index contributed by atoms with van der Waals surface area (Å²) in [7, 11) is 0. The minimum absolute atomic E-state index is 0.138. The van der Waals surface area contributed by atoms with Gasteiger partial charge in [-0.1, -0.05) is 115 Å². The molecule has 55 heavy (non-hydrogen) atoms. The van der Waals surface area contributed by atoms with E-state index in [-0.39, 0.29) is 37.3 Å². The minimum atomic E-state index is -1.07. The molecule has 0 radical (unpaired) electrons. The van der Waals surface area contributed by atoms with E-state index in [2.05, 4.69) is 28.6 Å². The van der Waals surface area contributed by atoms with E-state index in [1.807, 2.05) is 115 Å². The number of thiol groups is 1. The number of benzene rings is 5. The highest BCUT2D eigenvalue weighted by atomic mass is 32.1. The Hall–Kier alpha value is -5.75. The number of carbonyl (C=O) groups is 4. The minimum Gasteiger partial charge on any atom is -0.478 e. The van der Waals surface area contributed by atoms with Crippen LogP contribution in [-0.2, 0) is 40.2 Å². The Morgan fingerprint density at radius 3 is 1.87 bits per heavy atom. The standard InChI is InChI=1S/C44H42N4O5S2/c45-36(23-28-17-21-33(22-18-28)44(52)53)40(54)43(51)48-37(24-29-15-19-32(20-16-29)31-11-5-2-6-12-31)42(50)47-38(41(49)46-26-30-9-3-1-4-10-30)25-34-27-55-39-14-8-7-13-35(34)39/h1-22,27,36-38,40,54H,23-26,45H2,(H,46,49)(H,47,50)(H,48,51)(H,52,53)/t36-,37?,38?,40-/m0/s1. The molecule has 0 aliphatic carbocycles. The molecular formula is C44H42N4O5S2. The summed E-state index contributed by atoms with van der Waals surface area (Å²) in [5.74, 6) is -2.47. The predicted octanol–water partition coefficient (Wildman–Crippen LogP) is 6.21. The number of nitrogens with one attached hydrogen (secondary N) is 3. The second kappa shape index (κ2) is 18.5. The Bertz CT molecular complexity index is 2230. The van der Waals surface area contributed by atoms with E-state index >= 15 is 0 Å².